The highest BCUT2D eigenvalue weighted by atomic mass is 79.9. The zero-order valence-corrected chi connectivity index (χ0v) is 14.3. The maximum Gasteiger partial charge on any atom is 0.141 e. The lowest BCUT2D eigenvalue weighted by Crippen LogP contribution is -2.29. The number of hydrogen-bond acceptors (Lipinski definition) is 3. The average molecular weight is 429 g/mol. The van der Waals surface area contributed by atoms with Crippen LogP contribution in [0.4, 0.5) is 4.39 Å². The third-order valence-electron chi connectivity index (χ3n) is 2.68. The summed E-state index contributed by atoms with van der Waals surface area (Å²) < 4.78 is 15.2. The van der Waals surface area contributed by atoms with Crippen molar-refractivity contribution < 1.29 is 4.39 Å². The molecule has 1 aromatic heterocycles. The van der Waals surface area contributed by atoms with Crippen LogP contribution in [0, 0.1) is 5.82 Å². The van der Waals surface area contributed by atoms with Crippen molar-refractivity contribution in [2.45, 2.75) is 12.5 Å². The number of halogens is 4. The molecule has 0 radical (unpaired) electrons. The van der Waals surface area contributed by atoms with Gasteiger partial charge in [-0.05, 0) is 67.6 Å². The van der Waals surface area contributed by atoms with Crippen molar-refractivity contribution in [1.29, 1.82) is 0 Å². The van der Waals surface area contributed by atoms with Crippen LogP contribution in [-0.4, -0.2) is 0 Å². The van der Waals surface area contributed by atoms with Gasteiger partial charge in [0.2, 0.25) is 0 Å². The molecule has 1 unspecified atom stereocenters. The lowest BCUT2D eigenvalue weighted by atomic mass is 10.0. The Balaban J connectivity index is 2.23. The normalized spacial score (nSPS) is 12.7. The molecule has 0 aliphatic heterocycles. The summed E-state index contributed by atoms with van der Waals surface area (Å²) in [5, 5.41) is 0.124. The van der Waals surface area contributed by atoms with Gasteiger partial charge in [-0.25, -0.2) is 4.39 Å². The molecule has 0 saturated carbocycles. The quantitative estimate of drug-likeness (QED) is 0.542. The second-order valence-corrected chi connectivity index (χ2v) is 8.11. The van der Waals surface area contributed by atoms with Crippen molar-refractivity contribution in [3.8, 4) is 0 Å². The summed E-state index contributed by atoms with van der Waals surface area (Å²) >= 11 is 14.3. The van der Waals surface area contributed by atoms with Crippen LogP contribution >= 0.6 is 54.8 Å². The van der Waals surface area contributed by atoms with E-state index in [2.05, 4.69) is 37.3 Å². The van der Waals surface area contributed by atoms with E-state index in [0.29, 0.717) is 6.42 Å². The van der Waals surface area contributed by atoms with Crippen molar-refractivity contribution in [2.75, 3.05) is 0 Å². The van der Waals surface area contributed by atoms with Crippen molar-refractivity contribution in [3.63, 3.8) is 0 Å². The molecule has 3 N–H and O–H groups in total. The first kappa shape index (κ1) is 15.4. The fourth-order valence-corrected chi connectivity index (χ4v) is 4.93. The van der Waals surface area contributed by atoms with E-state index in [4.69, 9.17) is 17.4 Å². The van der Waals surface area contributed by atoms with E-state index in [1.54, 1.807) is 23.5 Å². The van der Waals surface area contributed by atoms with Crippen LogP contribution in [0.2, 0.25) is 5.02 Å². The Bertz CT molecular complexity index is 591. The summed E-state index contributed by atoms with van der Waals surface area (Å²) in [4.78, 5) is 0. The largest absolute Gasteiger partial charge is 0.271 e. The predicted molar refractivity (Wildman–Crippen MR) is 84.9 cm³/mol. The minimum Gasteiger partial charge on any atom is -0.271 e. The molecule has 2 aromatic rings. The molecule has 0 aliphatic carbocycles. The van der Waals surface area contributed by atoms with Gasteiger partial charge in [0.15, 0.2) is 0 Å². The van der Waals surface area contributed by atoms with Gasteiger partial charge in [-0.1, -0.05) is 17.7 Å². The van der Waals surface area contributed by atoms with Crippen LogP contribution < -0.4 is 11.3 Å². The minimum absolute atomic E-state index is 0.0709. The van der Waals surface area contributed by atoms with Gasteiger partial charge in [-0.15, -0.1) is 11.3 Å². The van der Waals surface area contributed by atoms with E-state index in [-0.39, 0.29) is 11.1 Å². The zero-order chi connectivity index (χ0) is 14.0. The molecule has 0 aliphatic rings. The molecule has 19 heavy (non-hydrogen) atoms. The van der Waals surface area contributed by atoms with Crippen LogP contribution in [0.3, 0.4) is 0 Å². The fraction of sp³-hybridized carbons (Fsp3) is 0.167. The summed E-state index contributed by atoms with van der Waals surface area (Å²) in [5.74, 6) is 5.20. The molecule has 1 atom stereocenters. The summed E-state index contributed by atoms with van der Waals surface area (Å²) in [6, 6.07) is 6.63. The number of hydrogen-bond donors (Lipinski definition) is 2. The van der Waals surface area contributed by atoms with Gasteiger partial charge in [0.05, 0.1) is 18.6 Å². The third kappa shape index (κ3) is 3.77. The second kappa shape index (κ2) is 6.65. The molecule has 0 saturated heterocycles. The number of benzene rings is 1. The van der Waals surface area contributed by atoms with Crippen LogP contribution in [0.1, 0.15) is 17.2 Å². The maximum absolute atomic E-state index is 13.1. The van der Waals surface area contributed by atoms with E-state index >= 15 is 0 Å². The van der Waals surface area contributed by atoms with Gasteiger partial charge >= 0.3 is 0 Å². The lowest BCUT2D eigenvalue weighted by molar-refractivity contribution is 0.550. The standard InChI is InChI=1S/C12H10Br2ClFN2S/c13-11-5-7(12(14)19-11)10(18-17)4-6-1-2-9(16)8(15)3-6/h1-3,5,10,18H,4,17H2. The SMILES string of the molecule is NNC(Cc1ccc(F)c(Cl)c1)c1cc(Br)sc1Br. The Kier molecular flexibility index (Phi) is 5.39. The first-order chi connectivity index (χ1) is 9.01. The zero-order valence-electron chi connectivity index (χ0n) is 9.59. The van der Waals surface area contributed by atoms with E-state index in [0.717, 1.165) is 18.7 Å². The molecule has 1 aromatic carbocycles. The Morgan fingerprint density at radius 2 is 2.11 bits per heavy atom. The van der Waals surface area contributed by atoms with Gasteiger partial charge < -0.3 is 0 Å². The Labute approximate surface area is 136 Å². The fourth-order valence-electron chi connectivity index (χ4n) is 1.75. The molecule has 0 fully saturated rings. The summed E-state index contributed by atoms with van der Waals surface area (Å²) in [5.41, 5.74) is 4.75. The molecule has 102 valence electrons. The van der Waals surface area contributed by atoms with Crippen molar-refractivity contribution in [1.82, 2.24) is 5.43 Å². The highest BCUT2D eigenvalue weighted by Crippen LogP contribution is 2.36. The third-order valence-corrected chi connectivity index (χ3v) is 5.36. The van der Waals surface area contributed by atoms with Crippen LogP contribution in [-0.2, 0) is 6.42 Å². The number of thiophene rings is 1. The number of hydrazine groups is 1. The molecule has 0 bridgehead atoms. The van der Waals surface area contributed by atoms with Crippen LogP contribution in [0.5, 0.6) is 0 Å². The summed E-state index contributed by atoms with van der Waals surface area (Å²) in [6.07, 6.45) is 0.623. The smallest absolute Gasteiger partial charge is 0.141 e. The predicted octanol–water partition coefficient (Wildman–Crippen LogP) is 4.81. The van der Waals surface area contributed by atoms with Gasteiger partial charge in [-0.3, -0.25) is 11.3 Å². The molecule has 0 spiro atoms. The van der Waals surface area contributed by atoms with Crippen molar-refractivity contribution in [2.24, 2.45) is 5.84 Å². The molecule has 2 nitrogen and oxygen atoms in total. The highest BCUT2D eigenvalue weighted by Gasteiger charge is 2.17. The summed E-state index contributed by atoms with van der Waals surface area (Å²) in [7, 11) is 0. The topological polar surface area (TPSA) is 38.0 Å². The van der Waals surface area contributed by atoms with Gasteiger partial charge in [0, 0.05) is 0 Å². The van der Waals surface area contributed by atoms with Crippen LogP contribution in [0.15, 0.2) is 31.8 Å². The molecule has 7 heteroatoms. The maximum atomic E-state index is 13.1. The van der Waals surface area contributed by atoms with E-state index < -0.39 is 5.82 Å². The number of nitrogens with two attached hydrogens (primary N) is 1. The molecule has 1 heterocycles. The Morgan fingerprint density at radius 1 is 1.37 bits per heavy atom. The monoisotopic (exact) mass is 426 g/mol. The van der Waals surface area contributed by atoms with E-state index in [1.807, 2.05) is 6.07 Å². The first-order valence-electron chi connectivity index (χ1n) is 5.36. The average Bonchev–Trinajstić information content (AvgIpc) is 2.70. The first-order valence-corrected chi connectivity index (χ1v) is 8.14. The molecular formula is C12H10Br2ClFN2S. The van der Waals surface area contributed by atoms with Crippen molar-refractivity contribution in [3.05, 3.63) is 53.8 Å². The summed E-state index contributed by atoms with van der Waals surface area (Å²) in [6.45, 7) is 0. The lowest BCUT2D eigenvalue weighted by Gasteiger charge is -2.15. The van der Waals surface area contributed by atoms with Gasteiger partial charge in [0.25, 0.3) is 0 Å². The highest BCUT2D eigenvalue weighted by molar-refractivity contribution is 9.12. The number of nitrogens with one attached hydrogen (secondary N) is 1. The number of rotatable bonds is 4. The Morgan fingerprint density at radius 3 is 2.63 bits per heavy atom. The molecule has 0 amide bonds. The van der Waals surface area contributed by atoms with Crippen molar-refractivity contribution >= 4 is 54.8 Å². The van der Waals surface area contributed by atoms with Crippen LogP contribution in [0.25, 0.3) is 0 Å². The van der Waals surface area contributed by atoms with Gasteiger partial charge in [-0.2, -0.15) is 0 Å². The second-order valence-electron chi connectivity index (χ2n) is 3.95. The van der Waals surface area contributed by atoms with Gasteiger partial charge in [0.1, 0.15) is 5.82 Å². The van der Waals surface area contributed by atoms with E-state index in [9.17, 15) is 4.39 Å². The molecular weight excluding hydrogens is 418 g/mol. The molecule has 2 rings (SSSR count). The minimum atomic E-state index is -0.415. The Hall–Kier alpha value is 0.0200. The van der Waals surface area contributed by atoms with E-state index in [1.165, 1.54) is 6.07 Å².